The molecule has 110 valence electrons. The zero-order chi connectivity index (χ0) is 14.6. The third-order valence-electron chi connectivity index (χ3n) is 4.25. The van der Waals surface area contributed by atoms with Gasteiger partial charge in [-0.05, 0) is 56.1 Å². The van der Waals surface area contributed by atoms with Gasteiger partial charge in [-0.15, -0.1) is 0 Å². The van der Waals surface area contributed by atoms with Gasteiger partial charge in [-0.25, -0.2) is 4.79 Å². The molecule has 0 unspecified atom stereocenters. The maximum Gasteiger partial charge on any atom is 0.335 e. The van der Waals surface area contributed by atoms with Crippen molar-refractivity contribution in [3.8, 4) is 0 Å². The summed E-state index contributed by atoms with van der Waals surface area (Å²) in [5.74, 6) is -0.867. The number of likely N-dealkylation sites (tertiary alicyclic amines) is 1. The lowest BCUT2D eigenvalue weighted by atomic mass is 9.80. The van der Waals surface area contributed by atoms with Crippen LogP contribution < -0.4 is 5.32 Å². The van der Waals surface area contributed by atoms with Crippen LogP contribution in [0.4, 0.5) is 0 Å². The molecule has 0 saturated carbocycles. The summed E-state index contributed by atoms with van der Waals surface area (Å²) >= 11 is 0. The highest BCUT2D eigenvalue weighted by atomic mass is 16.4. The number of carboxylic acids is 1. The smallest absolute Gasteiger partial charge is 0.335 e. The number of piperidine rings is 1. The zero-order valence-electron chi connectivity index (χ0n) is 12.4. The first-order chi connectivity index (χ1) is 9.48. The summed E-state index contributed by atoms with van der Waals surface area (Å²) in [5, 5.41) is 12.5. The maximum atomic E-state index is 10.9. The third kappa shape index (κ3) is 4.05. The van der Waals surface area contributed by atoms with Crippen LogP contribution in [-0.4, -0.2) is 42.7 Å². The Balaban J connectivity index is 1.83. The topological polar surface area (TPSA) is 52.6 Å². The van der Waals surface area contributed by atoms with Crippen LogP contribution in [0.15, 0.2) is 24.3 Å². The van der Waals surface area contributed by atoms with Crippen LogP contribution in [-0.2, 0) is 6.54 Å². The zero-order valence-corrected chi connectivity index (χ0v) is 12.4. The van der Waals surface area contributed by atoms with Crippen LogP contribution >= 0.6 is 0 Å². The van der Waals surface area contributed by atoms with Gasteiger partial charge in [-0.2, -0.15) is 0 Å². The number of carbonyl (C=O) groups is 1. The molecule has 1 aromatic carbocycles. The van der Waals surface area contributed by atoms with Crippen LogP contribution in [0.5, 0.6) is 0 Å². The van der Waals surface area contributed by atoms with E-state index in [-0.39, 0.29) is 0 Å². The molecule has 0 aromatic heterocycles. The Labute approximate surface area is 120 Å². The van der Waals surface area contributed by atoms with E-state index in [1.165, 1.54) is 12.8 Å². The van der Waals surface area contributed by atoms with Crippen LogP contribution in [0.2, 0.25) is 0 Å². The fraction of sp³-hybridized carbons (Fsp3) is 0.562. The van der Waals surface area contributed by atoms with Gasteiger partial charge in [0.2, 0.25) is 0 Å². The van der Waals surface area contributed by atoms with E-state index in [0.29, 0.717) is 11.0 Å². The third-order valence-corrected chi connectivity index (χ3v) is 4.25. The number of nitrogens with zero attached hydrogens (tertiary/aromatic N) is 1. The summed E-state index contributed by atoms with van der Waals surface area (Å²) in [6.07, 6.45) is 2.43. The standard InChI is InChI=1S/C16H24N2O2/c1-16(6-8-18(2)9-7-16)12-17-11-13-4-3-5-14(10-13)15(19)20/h3-5,10,17H,6-9,11-12H2,1-2H3,(H,19,20). The first-order valence-electron chi connectivity index (χ1n) is 7.20. The maximum absolute atomic E-state index is 10.9. The lowest BCUT2D eigenvalue weighted by molar-refractivity contribution is 0.0696. The van der Waals surface area contributed by atoms with E-state index < -0.39 is 5.97 Å². The molecule has 1 heterocycles. The minimum Gasteiger partial charge on any atom is -0.478 e. The van der Waals surface area contributed by atoms with Crippen molar-refractivity contribution >= 4 is 5.97 Å². The molecule has 2 rings (SSSR count). The van der Waals surface area contributed by atoms with Crippen LogP contribution in [0.25, 0.3) is 0 Å². The Hall–Kier alpha value is -1.39. The molecular formula is C16H24N2O2. The highest BCUT2D eigenvalue weighted by molar-refractivity contribution is 5.87. The van der Waals surface area contributed by atoms with Gasteiger partial charge in [0, 0.05) is 13.1 Å². The molecule has 4 heteroatoms. The summed E-state index contributed by atoms with van der Waals surface area (Å²) in [5.41, 5.74) is 1.74. The Kier molecular flexibility index (Phi) is 4.78. The number of hydrogen-bond donors (Lipinski definition) is 2. The summed E-state index contributed by atoms with van der Waals surface area (Å²) < 4.78 is 0. The van der Waals surface area contributed by atoms with E-state index in [1.54, 1.807) is 18.2 Å². The molecule has 2 N–H and O–H groups in total. The van der Waals surface area contributed by atoms with Gasteiger partial charge in [-0.1, -0.05) is 19.1 Å². The quantitative estimate of drug-likeness (QED) is 0.866. The lowest BCUT2D eigenvalue weighted by Crippen LogP contribution is -2.41. The molecule has 1 aliphatic heterocycles. The molecule has 0 spiro atoms. The summed E-state index contributed by atoms with van der Waals surface area (Å²) in [7, 11) is 2.17. The second-order valence-corrected chi connectivity index (χ2v) is 6.22. The van der Waals surface area contributed by atoms with Crippen molar-refractivity contribution in [2.24, 2.45) is 5.41 Å². The van der Waals surface area contributed by atoms with Crippen molar-refractivity contribution in [1.82, 2.24) is 10.2 Å². The first-order valence-corrected chi connectivity index (χ1v) is 7.20. The number of hydrogen-bond acceptors (Lipinski definition) is 3. The fourth-order valence-corrected chi connectivity index (χ4v) is 2.66. The fourth-order valence-electron chi connectivity index (χ4n) is 2.66. The molecule has 0 amide bonds. The molecular weight excluding hydrogens is 252 g/mol. The lowest BCUT2D eigenvalue weighted by Gasteiger charge is -2.38. The molecule has 20 heavy (non-hydrogen) atoms. The number of carboxylic acid groups (broad SMARTS) is 1. The summed E-state index contributed by atoms with van der Waals surface area (Å²) in [6, 6.07) is 7.14. The minimum absolute atomic E-state index is 0.356. The number of benzene rings is 1. The van der Waals surface area contributed by atoms with Gasteiger partial charge >= 0.3 is 5.97 Å². The van der Waals surface area contributed by atoms with Crippen molar-refractivity contribution < 1.29 is 9.90 Å². The molecule has 1 aliphatic rings. The van der Waals surface area contributed by atoms with Crippen LogP contribution in [0.1, 0.15) is 35.7 Å². The van der Waals surface area contributed by atoms with Gasteiger partial charge < -0.3 is 15.3 Å². The molecule has 1 fully saturated rings. The second kappa shape index (κ2) is 6.37. The Morgan fingerprint density at radius 1 is 1.40 bits per heavy atom. The Bertz CT molecular complexity index is 465. The highest BCUT2D eigenvalue weighted by Crippen LogP contribution is 2.29. The molecule has 4 nitrogen and oxygen atoms in total. The average molecular weight is 276 g/mol. The predicted molar refractivity (Wildman–Crippen MR) is 79.9 cm³/mol. The summed E-state index contributed by atoms with van der Waals surface area (Å²) in [6.45, 7) is 6.37. The molecule has 1 saturated heterocycles. The van der Waals surface area contributed by atoms with E-state index in [4.69, 9.17) is 5.11 Å². The molecule has 0 aliphatic carbocycles. The van der Waals surface area contributed by atoms with Crippen LogP contribution in [0, 0.1) is 5.41 Å². The second-order valence-electron chi connectivity index (χ2n) is 6.22. The normalized spacial score (nSPS) is 18.9. The average Bonchev–Trinajstić information content (AvgIpc) is 2.43. The molecule has 0 radical (unpaired) electrons. The van der Waals surface area contributed by atoms with E-state index in [2.05, 4.69) is 24.2 Å². The minimum atomic E-state index is -0.867. The van der Waals surface area contributed by atoms with Gasteiger partial charge in [0.25, 0.3) is 0 Å². The van der Waals surface area contributed by atoms with Crippen LogP contribution in [0.3, 0.4) is 0 Å². The number of nitrogens with one attached hydrogen (secondary N) is 1. The predicted octanol–water partition coefficient (Wildman–Crippen LogP) is 2.21. The number of aromatic carboxylic acids is 1. The van der Waals surface area contributed by atoms with E-state index in [1.807, 2.05) is 6.07 Å². The monoisotopic (exact) mass is 276 g/mol. The van der Waals surface area contributed by atoms with E-state index in [0.717, 1.165) is 31.7 Å². The summed E-state index contributed by atoms with van der Waals surface area (Å²) in [4.78, 5) is 13.3. The van der Waals surface area contributed by atoms with Crippen molar-refractivity contribution in [2.75, 3.05) is 26.7 Å². The van der Waals surface area contributed by atoms with Gasteiger partial charge in [0.15, 0.2) is 0 Å². The van der Waals surface area contributed by atoms with Gasteiger partial charge in [0.1, 0.15) is 0 Å². The first kappa shape index (κ1) is 15.0. The van der Waals surface area contributed by atoms with Crippen molar-refractivity contribution in [1.29, 1.82) is 0 Å². The molecule has 1 aromatic rings. The van der Waals surface area contributed by atoms with Crippen molar-refractivity contribution in [2.45, 2.75) is 26.3 Å². The van der Waals surface area contributed by atoms with E-state index in [9.17, 15) is 4.79 Å². The number of rotatable bonds is 5. The molecule has 0 bridgehead atoms. The van der Waals surface area contributed by atoms with E-state index >= 15 is 0 Å². The largest absolute Gasteiger partial charge is 0.478 e. The van der Waals surface area contributed by atoms with Gasteiger partial charge in [-0.3, -0.25) is 0 Å². The van der Waals surface area contributed by atoms with Gasteiger partial charge in [0.05, 0.1) is 5.56 Å². The Morgan fingerprint density at radius 3 is 2.75 bits per heavy atom. The molecule has 0 atom stereocenters. The SMILES string of the molecule is CN1CCC(C)(CNCc2cccc(C(=O)O)c2)CC1. The van der Waals surface area contributed by atoms with Crippen molar-refractivity contribution in [3.05, 3.63) is 35.4 Å². The highest BCUT2D eigenvalue weighted by Gasteiger charge is 2.28. The van der Waals surface area contributed by atoms with Crippen molar-refractivity contribution in [3.63, 3.8) is 0 Å². The Morgan fingerprint density at radius 2 is 2.10 bits per heavy atom.